The highest BCUT2D eigenvalue weighted by Crippen LogP contribution is 2.68. The second-order valence-electron chi connectivity index (χ2n) is 12.1. The zero-order valence-corrected chi connectivity index (χ0v) is 26.1. The lowest BCUT2D eigenvalue weighted by Gasteiger charge is -2.43. The van der Waals surface area contributed by atoms with Crippen molar-refractivity contribution < 1.29 is 28.2 Å². The number of amides is 3. The molecule has 2 aliphatic heterocycles. The third kappa shape index (κ3) is 4.57. The summed E-state index contributed by atoms with van der Waals surface area (Å²) in [6, 6.07) is 20.1. The number of imide groups is 1. The molecule has 4 aromatic rings. The Bertz CT molecular complexity index is 1930. The van der Waals surface area contributed by atoms with Gasteiger partial charge in [-0.25, -0.2) is 4.39 Å². The number of halogens is 1. The molecule has 1 saturated heterocycles. The number of thiazole rings is 1. The summed E-state index contributed by atoms with van der Waals surface area (Å²) in [5, 5.41) is 3.54. The van der Waals surface area contributed by atoms with Crippen molar-refractivity contribution in [2.24, 2.45) is 29.6 Å². The summed E-state index contributed by atoms with van der Waals surface area (Å²) in [4.78, 5) is 58.0. The fraction of sp³-hybridized carbons (Fsp3) is 0.294. The number of aromatic nitrogens is 1. The number of ether oxygens (including phenoxy) is 2. The highest BCUT2D eigenvalue weighted by molar-refractivity contribution is 8.00. The van der Waals surface area contributed by atoms with Crippen LogP contribution in [0.4, 0.5) is 15.8 Å². The molecule has 234 valence electrons. The molecule has 3 heterocycles. The van der Waals surface area contributed by atoms with Crippen molar-refractivity contribution in [3.63, 3.8) is 0 Å². The van der Waals surface area contributed by atoms with Gasteiger partial charge >= 0.3 is 4.87 Å². The van der Waals surface area contributed by atoms with Gasteiger partial charge in [-0.3, -0.25) is 24.1 Å². The lowest BCUT2D eigenvalue weighted by atomic mass is 9.68. The van der Waals surface area contributed by atoms with Crippen LogP contribution in [0.25, 0.3) is 0 Å². The molecule has 0 unspecified atom stereocenters. The molecular formula is C34H28FN3O6S2. The number of hydrogen-bond donors (Lipinski definition) is 2. The number of carbonyl (C=O) groups excluding carboxylic acids is 3. The van der Waals surface area contributed by atoms with E-state index in [4.69, 9.17) is 9.47 Å². The first kappa shape index (κ1) is 29.0. The van der Waals surface area contributed by atoms with Gasteiger partial charge in [0.05, 0.1) is 29.7 Å². The Morgan fingerprint density at radius 3 is 2.46 bits per heavy atom. The van der Waals surface area contributed by atoms with Crippen LogP contribution in [0.1, 0.15) is 22.8 Å². The van der Waals surface area contributed by atoms with Crippen molar-refractivity contribution in [3.05, 3.63) is 98.7 Å². The predicted molar refractivity (Wildman–Crippen MR) is 171 cm³/mol. The normalized spacial score (nSPS) is 27.3. The molecule has 0 radical (unpaired) electrons. The Balaban J connectivity index is 1.09. The molecule has 1 aromatic heterocycles. The molecule has 2 saturated carbocycles. The molecule has 2 N–H and O–H groups in total. The molecule has 46 heavy (non-hydrogen) atoms. The van der Waals surface area contributed by atoms with Crippen LogP contribution >= 0.6 is 23.1 Å². The highest BCUT2D eigenvalue weighted by Gasteiger charge is 2.69. The number of thioether (sulfide) groups is 1. The minimum absolute atomic E-state index is 0.0123. The maximum atomic E-state index is 13.9. The summed E-state index contributed by atoms with van der Waals surface area (Å²) in [6.07, 6.45) is 0.787. The molecule has 2 aliphatic carbocycles. The number of methoxy groups -OCH3 is 1. The maximum absolute atomic E-state index is 13.9. The molecule has 12 heteroatoms. The molecule has 3 aromatic carbocycles. The second-order valence-corrected chi connectivity index (χ2v) is 14.3. The van der Waals surface area contributed by atoms with Gasteiger partial charge in [0, 0.05) is 21.7 Å². The minimum Gasteiger partial charge on any atom is -0.493 e. The van der Waals surface area contributed by atoms with Gasteiger partial charge in [0.1, 0.15) is 5.82 Å². The van der Waals surface area contributed by atoms with Crippen LogP contribution in [0.15, 0.2) is 82.6 Å². The highest BCUT2D eigenvalue weighted by atomic mass is 32.2. The number of hydrogen-bond acceptors (Lipinski definition) is 8. The first-order valence-electron chi connectivity index (χ1n) is 15.0. The standard InChI is InChI=1S/C34H28FN3O6S2/c1-43-23-13-16(7-12-22(23)44-15-24(39)36-18-10-8-17(35)9-11-18)25-26-20-14-21(29(26)45-31-30(25)46-34(42)37-31)28-27(20)32(40)38(33(28)41)19-5-3-2-4-6-19/h2-13,20-21,25-29H,14-15H2,1H3,(H,36,39)(H,37,42)/t20-,21-,25+,26-,27+,28+,29-/m1/s1. The van der Waals surface area contributed by atoms with E-state index in [1.807, 2.05) is 30.3 Å². The number of fused-ring (bicyclic) bond motifs is 9. The van der Waals surface area contributed by atoms with E-state index >= 15 is 0 Å². The van der Waals surface area contributed by atoms with Crippen molar-refractivity contribution >= 4 is 52.2 Å². The Labute approximate surface area is 271 Å². The summed E-state index contributed by atoms with van der Waals surface area (Å²) in [5.74, 6) is -1.23. The average Bonchev–Trinajstić information content (AvgIpc) is 3.80. The zero-order valence-electron chi connectivity index (χ0n) is 24.5. The number of nitrogens with one attached hydrogen (secondary N) is 2. The third-order valence-corrected chi connectivity index (χ3v) is 12.4. The molecule has 0 spiro atoms. The molecule has 9 nitrogen and oxygen atoms in total. The first-order valence-corrected chi connectivity index (χ1v) is 16.7. The van der Waals surface area contributed by atoms with Gasteiger partial charge in [-0.1, -0.05) is 35.6 Å². The average molecular weight is 658 g/mol. The van der Waals surface area contributed by atoms with E-state index in [0.29, 0.717) is 22.9 Å². The second kappa shape index (κ2) is 11.1. The van der Waals surface area contributed by atoms with Crippen molar-refractivity contribution in [1.82, 2.24) is 4.98 Å². The van der Waals surface area contributed by atoms with Gasteiger partial charge in [-0.15, -0.1) is 11.8 Å². The first-order chi connectivity index (χ1) is 22.3. The van der Waals surface area contributed by atoms with Crippen molar-refractivity contribution in [1.29, 1.82) is 0 Å². The van der Waals surface area contributed by atoms with Gasteiger partial charge in [-0.2, -0.15) is 0 Å². The third-order valence-electron chi connectivity index (χ3n) is 9.77. The molecule has 4 aliphatic rings. The Morgan fingerprint density at radius 2 is 1.72 bits per heavy atom. The number of aromatic amines is 1. The molecule has 2 bridgehead atoms. The molecule has 3 fully saturated rings. The summed E-state index contributed by atoms with van der Waals surface area (Å²) in [6.45, 7) is -0.289. The lowest BCUT2D eigenvalue weighted by Crippen LogP contribution is -2.42. The Morgan fingerprint density at radius 1 is 0.978 bits per heavy atom. The molecule has 7 atom stereocenters. The SMILES string of the molecule is COc1cc([C@@H]2c3sc(=O)[nH]c3S[C@@H]3[C@@H]4C[C@@H]([C@@H]5C(=O)N(c6ccccc6)C(=O)[C@@H]45)[C@H]23)ccc1OCC(=O)Nc1ccc(F)cc1. The van der Waals surface area contributed by atoms with Crippen LogP contribution in [0.5, 0.6) is 11.5 Å². The number of para-hydroxylation sites is 1. The summed E-state index contributed by atoms with van der Waals surface area (Å²) >= 11 is 2.82. The largest absolute Gasteiger partial charge is 0.493 e. The summed E-state index contributed by atoms with van der Waals surface area (Å²) in [7, 11) is 1.52. The predicted octanol–water partition coefficient (Wildman–Crippen LogP) is 5.28. The van der Waals surface area contributed by atoms with Crippen LogP contribution in [-0.4, -0.2) is 41.7 Å². The van der Waals surface area contributed by atoms with E-state index in [9.17, 15) is 23.6 Å². The fourth-order valence-corrected chi connectivity index (χ4v) is 11.0. The van der Waals surface area contributed by atoms with Crippen LogP contribution < -0.4 is 24.6 Å². The molecule has 8 rings (SSSR count). The van der Waals surface area contributed by atoms with Gasteiger partial charge in [-0.05, 0) is 78.3 Å². The Hall–Kier alpha value is -4.42. The summed E-state index contributed by atoms with van der Waals surface area (Å²) < 4.78 is 24.7. The van der Waals surface area contributed by atoms with Gasteiger partial charge in [0.25, 0.3) is 5.91 Å². The van der Waals surface area contributed by atoms with E-state index in [-0.39, 0.29) is 58.1 Å². The van der Waals surface area contributed by atoms with Crippen molar-refractivity contribution in [2.45, 2.75) is 22.6 Å². The summed E-state index contributed by atoms with van der Waals surface area (Å²) in [5.41, 5.74) is 1.96. The number of rotatable bonds is 7. The van der Waals surface area contributed by atoms with E-state index in [0.717, 1.165) is 21.9 Å². The number of anilines is 2. The maximum Gasteiger partial charge on any atom is 0.305 e. The van der Waals surface area contributed by atoms with Gasteiger partial charge in [0.2, 0.25) is 11.8 Å². The monoisotopic (exact) mass is 657 g/mol. The minimum atomic E-state index is -0.413. The Kier molecular flexibility index (Phi) is 7.02. The van der Waals surface area contributed by atoms with Gasteiger partial charge in [0.15, 0.2) is 18.1 Å². The zero-order chi connectivity index (χ0) is 31.7. The van der Waals surface area contributed by atoms with E-state index in [2.05, 4.69) is 10.3 Å². The number of carbonyl (C=O) groups is 3. The quantitative estimate of drug-likeness (QED) is 0.260. The van der Waals surface area contributed by atoms with Gasteiger partial charge < -0.3 is 19.8 Å². The fourth-order valence-electron chi connectivity index (χ4n) is 8.09. The van der Waals surface area contributed by atoms with Crippen LogP contribution in [0.2, 0.25) is 0 Å². The molecule has 3 amide bonds. The van der Waals surface area contributed by atoms with E-state index in [1.54, 1.807) is 30.0 Å². The topological polar surface area (TPSA) is 118 Å². The van der Waals surface area contributed by atoms with Crippen molar-refractivity contribution in [2.75, 3.05) is 23.9 Å². The van der Waals surface area contributed by atoms with Crippen LogP contribution in [-0.2, 0) is 14.4 Å². The number of nitrogens with zero attached hydrogens (tertiary/aromatic N) is 1. The van der Waals surface area contributed by atoms with E-state index < -0.39 is 17.6 Å². The van der Waals surface area contributed by atoms with Crippen LogP contribution in [0, 0.1) is 35.4 Å². The molecular weight excluding hydrogens is 630 g/mol. The van der Waals surface area contributed by atoms with Crippen molar-refractivity contribution in [3.8, 4) is 11.5 Å². The number of H-pyrrole nitrogens is 1. The lowest BCUT2D eigenvalue weighted by molar-refractivity contribution is -0.123. The number of benzene rings is 3. The van der Waals surface area contributed by atoms with Crippen LogP contribution in [0.3, 0.4) is 0 Å². The van der Waals surface area contributed by atoms with E-state index in [1.165, 1.54) is 47.6 Å². The smallest absolute Gasteiger partial charge is 0.305 e.